The third-order valence-corrected chi connectivity index (χ3v) is 14.9. The number of benzene rings is 10. The van der Waals surface area contributed by atoms with Crippen molar-refractivity contribution < 1.29 is 9.15 Å². The lowest BCUT2D eigenvalue weighted by Gasteiger charge is -2.40. The third kappa shape index (κ3) is 4.98. The number of para-hydroxylation sites is 3. The molecule has 2 aromatic heterocycles. The van der Waals surface area contributed by atoms with E-state index in [-0.39, 0.29) is 0 Å². The molecule has 1 unspecified atom stereocenters. The highest BCUT2D eigenvalue weighted by Gasteiger charge is 2.51. The van der Waals surface area contributed by atoms with E-state index < -0.39 is 5.41 Å². The van der Waals surface area contributed by atoms with E-state index in [4.69, 9.17) is 20.8 Å². The highest BCUT2D eigenvalue weighted by Crippen LogP contribution is 2.63. The number of anilines is 3. The van der Waals surface area contributed by atoms with Crippen LogP contribution < -0.4 is 9.64 Å². The second kappa shape index (κ2) is 13.4. The topological polar surface area (TPSA) is 25.6 Å². The van der Waals surface area contributed by atoms with Gasteiger partial charge in [0.1, 0.15) is 22.7 Å². The molecule has 0 saturated heterocycles. The van der Waals surface area contributed by atoms with E-state index in [1.807, 2.05) is 23.5 Å². The number of fused-ring (bicyclic) bond motifs is 16. The minimum Gasteiger partial charge on any atom is -0.457 e. The molecule has 10 aromatic carbocycles. The monoisotopic (exact) mass is 855 g/mol. The van der Waals surface area contributed by atoms with Gasteiger partial charge >= 0.3 is 0 Å². The number of thiophene rings is 1. The van der Waals surface area contributed by atoms with Crippen LogP contribution >= 0.6 is 22.9 Å². The summed E-state index contributed by atoms with van der Waals surface area (Å²) in [5.41, 5.74) is 13.2. The highest BCUT2D eigenvalue weighted by molar-refractivity contribution is 7.25. The van der Waals surface area contributed by atoms with Gasteiger partial charge in [-0.1, -0.05) is 139 Å². The van der Waals surface area contributed by atoms with Crippen molar-refractivity contribution in [3.05, 3.63) is 234 Å². The van der Waals surface area contributed by atoms with Gasteiger partial charge in [-0.25, -0.2) is 0 Å². The molecule has 64 heavy (non-hydrogen) atoms. The van der Waals surface area contributed by atoms with Crippen molar-refractivity contribution in [3.63, 3.8) is 0 Å². The van der Waals surface area contributed by atoms with Crippen molar-refractivity contribution in [3.8, 4) is 33.8 Å². The second-order valence-electron chi connectivity index (χ2n) is 16.9. The van der Waals surface area contributed by atoms with Crippen LogP contribution in [0.15, 0.2) is 211 Å². The molecule has 0 saturated carbocycles. The summed E-state index contributed by atoms with van der Waals surface area (Å²) in [5, 5.41) is 7.81. The largest absolute Gasteiger partial charge is 0.457 e. The normalized spacial score (nSPS) is 14.8. The van der Waals surface area contributed by atoms with Crippen LogP contribution in [0, 0.1) is 0 Å². The van der Waals surface area contributed by atoms with Crippen LogP contribution in [0.3, 0.4) is 0 Å². The fourth-order valence-corrected chi connectivity index (χ4v) is 12.2. The summed E-state index contributed by atoms with van der Waals surface area (Å²) < 4.78 is 16.4. The van der Waals surface area contributed by atoms with E-state index >= 15 is 0 Å². The number of hydrogen-bond donors (Lipinski definition) is 0. The molecule has 1 atom stereocenters. The van der Waals surface area contributed by atoms with Gasteiger partial charge in [-0.2, -0.15) is 0 Å². The zero-order valence-electron chi connectivity index (χ0n) is 34.2. The molecule has 0 bridgehead atoms. The summed E-state index contributed by atoms with van der Waals surface area (Å²) in [6.07, 6.45) is 0. The first-order valence-corrected chi connectivity index (χ1v) is 22.8. The lowest BCUT2D eigenvalue weighted by atomic mass is 9.66. The zero-order chi connectivity index (χ0) is 42.1. The number of halogens is 1. The quantitative estimate of drug-likeness (QED) is 0.176. The Kier molecular flexibility index (Phi) is 7.54. The predicted octanol–water partition coefficient (Wildman–Crippen LogP) is 17.4. The maximum absolute atomic E-state index is 7.05. The first-order chi connectivity index (χ1) is 31.6. The summed E-state index contributed by atoms with van der Waals surface area (Å²) in [7, 11) is 0. The minimum absolute atomic E-state index is 0.640. The molecule has 3 nitrogen and oxygen atoms in total. The van der Waals surface area contributed by atoms with Crippen molar-refractivity contribution in [2.45, 2.75) is 5.41 Å². The predicted molar refractivity (Wildman–Crippen MR) is 267 cm³/mol. The van der Waals surface area contributed by atoms with Crippen LogP contribution in [-0.4, -0.2) is 0 Å². The summed E-state index contributed by atoms with van der Waals surface area (Å²) in [4.78, 5) is 2.37. The van der Waals surface area contributed by atoms with Crippen molar-refractivity contribution in [2.24, 2.45) is 0 Å². The Balaban J connectivity index is 1.03. The number of hydrogen-bond acceptors (Lipinski definition) is 4. The smallest absolute Gasteiger partial charge is 0.138 e. The van der Waals surface area contributed by atoms with Gasteiger partial charge in [-0.3, -0.25) is 0 Å². The molecule has 0 N–H and O–H groups in total. The molecular weight excluding hydrogens is 822 g/mol. The number of rotatable bonds is 4. The molecule has 3 heterocycles. The molecule has 2 aliphatic rings. The Bertz CT molecular complexity index is 3920. The zero-order valence-corrected chi connectivity index (χ0v) is 35.8. The van der Waals surface area contributed by atoms with Crippen LogP contribution in [0.5, 0.6) is 11.5 Å². The van der Waals surface area contributed by atoms with Gasteiger partial charge in [0.25, 0.3) is 0 Å². The van der Waals surface area contributed by atoms with E-state index in [1.54, 1.807) is 0 Å². The fraction of sp³-hybridized carbons (Fsp3) is 0.0169. The summed E-state index contributed by atoms with van der Waals surface area (Å²) in [6, 6.07) is 74.0. The van der Waals surface area contributed by atoms with E-state index in [9.17, 15) is 0 Å². The number of furan rings is 1. The lowest BCUT2D eigenvalue weighted by Crippen LogP contribution is -2.32. The second-order valence-corrected chi connectivity index (χ2v) is 18.4. The minimum atomic E-state index is -0.640. The molecule has 0 amide bonds. The number of nitrogens with zero attached hydrogens (tertiary/aromatic N) is 1. The van der Waals surface area contributed by atoms with Crippen LogP contribution in [0.25, 0.3) is 75.1 Å². The van der Waals surface area contributed by atoms with E-state index in [0.29, 0.717) is 5.02 Å². The Morgan fingerprint density at radius 3 is 2.11 bits per heavy atom. The van der Waals surface area contributed by atoms with Crippen molar-refractivity contribution in [1.29, 1.82) is 0 Å². The molecule has 14 rings (SSSR count). The molecule has 5 heteroatoms. The van der Waals surface area contributed by atoms with Gasteiger partial charge in [0.05, 0.1) is 16.5 Å². The molecule has 0 radical (unpaired) electrons. The Morgan fingerprint density at radius 1 is 0.438 bits per heavy atom. The highest BCUT2D eigenvalue weighted by atomic mass is 35.5. The third-order valence-electron chi connectivity index (χ3n) is 13.5. The molecule has 12 aromatic rings. The van der Waals surface area contributed by atoms with Crippen molar-refractivity contribution in [2.75, 3.05) is 4.90 Å². The average Bonchev–Trinajstić information content (AvgIpc) is 3.99. The van der Waals surface area contributed by atoms with Crippen molar-refractivity contribution in [1.82, 2.24) is 0 Å². The van der Waals surface area contributed by atoms with Crippen LogP contribution in [0.2, 0.25) is 5.02 Å². The fourth-order valence-electron chi connectivity index (χ4n) is 10.9. The van der Waals surface area contributed by atoms with Crippen LogP contribution in [0.4, 0.5) is 17.1 Å². The molecule has 1 aliphatic carbocycles. The molecule has 1 spiro atoms. The lowest BCUT2D eigenvalue weighted by molar-refractivity contribution is 0.436. The van der Waals surface area contributed by atoms with E-state index in [0.717, 1.165) is 78.3 Å². The summed E-state index contributed by atoms with van der Waals surface area (Å²) in [5.74, 6) is 1.63. The van der Waals surface area contributed by atoms with Gasteiger partial charge in [-0.15, -0.1) is 11.3 Å². The Hall–Kier alpha value is -7.63. The SMILES string of the molecule is Clc1ccc2c(c1)C1(c3ccccc3Oc3cc(N(c4ccccc4)c4cc(-c5cccc6cc7c(cc56)sc5ccccc57)cc5oc6ccccc6c45)ccc31)c1ccccc1-2. The van der Waals surface area contributed by atoms with E-state index in [2.05, 4.69) is 199 Å². The van der Waals surface area contributed by atoms with Gasteiger partial charge < -0.3 is 14.1 Å². The van der Waals surface area contributed by atoms with Crippen LogP contribution in [-0.2, 0) is 5.41 Å². The molecule has 300 valence electrons. The van der Waals surface area contributed by atoms with Crippen LogP contribution in [0.1, 0.15) is 22.3 Å². The molecule has 0 fully saturated rings. The number of ether oxygens (including phenoxy) is 1. The van der Waals surface area contributed by atoms with Gasteiger partial charge in [0, 0.05) is 59.1 Å². The van der Waals surface area contributed by atoms with E-state index in [1.165, 1.54) is 47.6 Å². The van der Waals surface area contributed by atoms with Gasteiger partial charge in [0.2, 0.25) is 0 Å². The van der Waals surface area contributed by atoms with Gasteiger partial charge in [-0.05, 0) is 117 Å². The molecule has 1 aliphatic heterocycles. The Morgan fingerprint density at radius 2 is 1.19 bits per heavy atom. The van der Waals surface area contributed by atoms with Crippen molar-refractivity contribution >= 4 is 92.9 Å². The average molecular weight is 856 g/mol. The Labute approximate surface area is 377 Å². The van der Waals surface area contributed by atoms with Gasteiger partial charge in [0.15, 0.2) is 0 Å². The first-order valence-electron chi connectivity index (χ1n) is 21.6. The first kappa shape index (κ1) is 35.9. The standard InChI is InChI=1S/C59H34ClNO2S/c60-37-25-27-42-41-16-4-7-20-47(41)59(50(42)32-37)48-21-8-10-23-53(48)63-54-33-39(26-28-49(54)59)61(38-14-2-1-3-15-38)51-30-36(31-55-58(51)44-18-5-9-22-52(44)62-55)40-19-12-13-35-29-46-43-17-6-11-24-56(43)64-57(46)34-45(35)40/h1-34H. The molecular formula is C59H34ClNO2S. The maximum Gasteiger partial charge on any atom is 0.138 e. The summed E-state index contributed by atoms with van der Waals surface area (Å²) in [6.45, 7) is 0. The summed E-state index contributed by atoms with van der Waals surface area (Å²) >= 11 is 8.74. The maximum atomic E-state index is 7.05.